The van der Waals surface area contributed by atoms with Crippen LogP contribution < -0.4 is 5.32 Å². The van der Waals surface area contributed by atoms with Crippen molar-refractivity contribution >= 4 is 23.6 Å². The number of halogens is 1. The van der Waals surface area contributed by atoms with Crippen LogP contribution in [0.5, 0.6) is 0 Å². The van der Waals surface area contributed by atoms with E-state index in [9.17, 15) is 14.0 Å². The minimum Gasteiger partial charge on any atom is -0.478 e. The highest BCUT2D eigenvalue weighted by molar-refractivity contribution is 8.00. The van der Waals surface area contributed by atoms with Crippen LogP contribution in [0, 0.1) is 5.82 Å². The number of amides is 1. The highest BCUT2D eigenvalue weighted by atomic mass is 32.2. The number of carbonyl (C=O) groups excluding carboxylic acids is 1. The Hall–Kier alpha value is -1.56. The summed E-state index contributed by atoms with van der Waals surface area (Å²) in [5.74, 6) is -2.23. The van der Waals surface area contributed by atoms with E-state index in [0.29, 0.717) is 4.90 Å². The highest BCUT2D eigenvalue weighted by Crippen LogP contribution is 2.26. The smallest absolute Gasteiger partial charge is 0.338 e. The molecule has 0 fully saturated rings. The van der Waals surface area contributed by atoms with Crippen molar-refractivity contribution in [2.45, 2.75) is 49.8 Å². The van der Waals surface area contributed by atoms with Crippen LogP contribution in [0.1, 0.15) is 44.5 Å². The van der Waals surface area contributed by atoms with Gasteiger partial charge in [0.15, 0.2) is 0 Å². The van der Waals surface area contributed by atoms with E-state index in [1.54, 1.807) is 6.92 Å². The van der Waals surface area contributed by atoms with Crippen LogP contribution in [-0.2, 0) is 4.79 Å². The van der Waals surface area contributed by atoms with E-state index in [4.69, 9.17) is 5.11 Å². The average molecular weight is 313 g/mol. The van der Waals surface area contributed by atoms with Crippen LogP contribution in [0.2, 0.25) is 0 Å². The fourth-order valence-corrected chi connectivity index (χ4v) is 2.43. The van der Waals surface area contributed by atoms with Crippen molar-refractivity contribution in [3.63, 3.8) is 0 Å². The Labute approximate surface area is 128 Å². The van der Waals surface area contributed by atoms with Crippen molar-refractivity contribution in [1.82, 2.24) is 5.32 Å². The van der Waals surface area contributed by atoms with Crippen molar-refractivity contribution < 1.29 is 19.1 Å². The van der Waals surface area contributed by atoms with Crippen molar-refractivity contribution in [2.24, 2.45) is 0 Å². The molecule has 2 N–H and O–H groups in total. The van der Waals surface area contributed by atoms with Gasteiger partial charge >= 0.3 is 5.97 Å². The number of nitrogens with one attached hydrogen (secondary N) is 1. The number of hydrogen-bond acceptors (Lipinski definition) is 3. The normalized spacial score (nSPS) is 12.8. The summed E-state index contributed by atoms with van der Waals surface area (Å²) in [6.07, 6.45) is 0.801. The molecule has 0 bridgehead atoms. The van der Waals surface area contributed by atoms with Gasteiger partial charge in [-0.3, -0.25) is 4.79 Å². The molecule has 0 aromatic heterocycles. The van der Waals surface area contributed by atoms with Crippen molar-refractivity contribution in [2.75, 3.05) is 0 Å². The van der Waals surface area contributed by atoms with Gasteiger partial charge in [-0.25, -0.2) is 9.18 Å². The number of thioether (sulfide) groups is 1. The number of carboxylic acids is 1. The van der Waals surface area contributed by atoms with Gasteiger partial charge in [-0.2, -0.15) is 0 Å². The summed E-state index contributed by atoms with van der Waals surface area (Å²) in [6.45, 7) is 7.58. The van der Waals surface area contributed by atoms with E-state index >= 15 is 0 Å². The average Bonchev–Trinajstić information content (AvgIpc) is 2.40. The largest absolute Gasteiger partial charge is 0.478 e. The van der Waals surface area contributed by atoms with E-state index in [1.165, 1.54) is 23.9 Å². The fourth-order valence-electron chi connectivity index (χ4n) is 1.52. The molecule has 1 rings (SSSR count). The zero-order chi connectivity index (χ0) is 16.2. The van der Waals surface area contributed by atoms with Crippen molar-refractivity contribution in [3.05, 3.63) is 29.6 Å². The lowest BCUT2D eigenvalue weighted by atomic mass is 10.0. The highest BCUT2D eigenvalue weighted by Gasteiger charge is 2.23. The molecule has 4 nitrogen and oxygen atoms in total. The number of benzene rings is 1. The molecule has 1 aromatic rings. The molecule has 0 aliphatic rings. The van der Waals surface area contributed by atoms with Crippen LogP contribution in [0.15, 0.2) is 23.1 Å². The van der Waals surface area contributed by atoms with E-state index in [-0.39, 0.29) is 17.0 Å². The second kappa shape index (κ2) is 6.93. The Bertz CT molecular complexity index is 546. The zero-order valence-electron chi connectivity index (χ0n) is 12.6. The number of aromatic carboxylic acids is 1. The maximum atomic E-state index is 13.3. The molecule has 6 heteroatoms. The molecule has 1 atom stereocenters. The molecule has 0 radical (unpaired) electrons. The van der Waals surface area contributed by atoms with Gasteiger partial charge < -0.3 is 10.4 Å². The third kappa shape index (κ3) is 5.04. The predicted molar refractivity (Wildman–Crippen MR) is 81.2 cm³/mol. The molecule has 1 unspecified atom stereocenters. The SMILES string of the molecule is CCC(C)(C)NC(=O)C(C)Sc1ccc(F)c(C(=O)O)c1. The van der Waals surface area contributed by atoms with Gasteiger partial charge in [-0.1, -0.05) is 6.92 Å². The Balaban J connectivity index is 2.79. The standard InChI is InChI=1S/C15H20FNO3S/c1-5-15(3,4)17-13(18)9(2)21-10-6-7-12(16)11(8-10)14(19)20/h6-9H,5H2,1-4H3,(H,17,18)(H,19,20). The summed E-state index contributed by atoms with van der Waals surface area (Å²) >= 11 is 1.20. The molecule has 0 heterocycles. The quantitative estimate of drug-likeness (QED) is 0.791. The Morgan fingerprint density at radius 2 is 2.05 bits per heavy atom. The molecule has 21 heavy (non-hydrogen) atoms. The summed E-state index contributed by atoms with van der Waals surface area (Å²) in [6, 6.07) is 3.82. The lowest BCUT2D eigenvalue weighted by Gasteiger charge is -2.26. The number of rotatable bonds is 6. The second-order valence-corrected chi connectivity index (χ2v) is 6.85. The summed E-state index contributed by atoms with van der Waals surface area (Å²) in [4.78, 5) is 23.5. The van der Waals surface area contributed by atoms with E-state index in [1.807, 2.05) is 20.8 Å². The van der Waals surface area contributed by atoms with Gasteiger partial charge in [0, 0.05) is 10.4 Å². The van der Waals surface area contributed by atoms with Gasteiger partial charge in [-0.15, -0.1) is 11.8 Å². The lowest BCUT2D eigenvalue weighted by molar-refractivity contribution is -0.121. The second-order valence-electron chi connectivity index (χ2n) is 5.43. The van der Waals surface area contributed by atoms with Gasteiger partial charge in [0.05, 0.1) is 10.8 Å². The first-order valence-corrected chi connectivity index (χ1v) is 7.56. The molecule has 1 amide bonds. The van der Waals surface area contributed by atoms with Crippen molar-refractivity contribution in [3.8, 4) is 0 Å². The molecule has 0 saturated carbocycles. The van der Waals surface area contributed by atoms with Crippen LogP contribution >= 0.6 is 11.8 Å². The molecule has 0 spiro atoms. The van der Waals surface area contributed by atoms with Crippen LogP contribution in [-0.4, -0.2) is 27.8 Å². The van der Waals surface area contributed by atoms with E-state index in [2.05, 4.69) is 5.32 Å². The topological polar surface area (TPSA) is 66.4 Å². The molecule has 0 aliphatic heterocycles. The minimum atomic E-state index is -1.32. The number of carboxylic acid groups (broad SMARTS) is 1. The van der Waals surface area contributed by atoms with E-state index < -0.39 is 17.0 Å². The third-order valence-corrected chi connectivity index (χ3v) is 4.29. The summed E-state index contributed by atoms with van der Waals surface area (Å²) in [7, 11) is 0. The van der Waals surface area contributed by atoms with Crippen LogP contribution in [0.4, 0.5) is 4.39 Å². The number of carbonyl (C=O) groups is 2. The molecule has 0 aliphatic carbocycles. The van der Waals surface area contributed by atoms with E-state index in [0.717, 1.165) is 12.5 Å². The Kier molecular flexibility index (Phi) is 5.78. The van der Waals surface area contributed by atoms with Gasteiger partial charge in [0.2, 0.25) is 5.91 Å². The molecule has 1 aromatic carbocycles. The maximum Gasteiger partial charge on any atom is 0.338 e. The van der Waals surface area contributed by atoms with Crippen LogP contribution in [0.3, 0.4) is 0 Å². The zero-order valence-corrected chi connectivity index (χ0v) is 13.4. The summed E-state index contributed by atoms with van der Waals surface area (Å²) in [5, 5.41) is 11.4. The first-order chi connectivity index (χ1) is 9.66. The van der Waals surface area contributed by atoms with Gasteiger partial charge in [-0.05, 0) is 45.4 Å². The summed E-state index contributed by atoms with van der Waals surface area (Å²) in [5.41, 5.74) is -0.678. The Morgan fingerprint density at radius 1 is 1.43 bits per heavy atom. The summed E-state index contributed by atoms with van der Waals surface area (Å²) < 4.78 is 13.3. The first kappa shape index (κ1) is 17.5. The first-order valence-electron chi connectivity index (χ1n) is 6.68. The lowest BCUT2D eigenvalue weighted by Crippen LogP contribution is -2.46. The van der Waals surface area contributed by atoms with Crippen molar-refractivity contribution in [1.29, 1.82) is 0 Å². The van der Waals surface area contributed by atoms with Gasteiger partial charge in [0.1, 0.15) is 5.82 Å². The molecular formula is C15H20FNO3S. The van der Waals surface area contributed by atoms with Gasteiger partial charge in [0.25, 0.3) is 0 Å². The third-order valence-electron chi connectivity index (χ3n) is 3.20. The monoisotopic (exact) mass is 313 g/mol. The molecule has 116 valence electrons. The van der Waals surface area contributed by atoms with Crippen LogP contribution in [0.25, 0.3) is 0 Å². The fraction of sp³-hybridized carbons (Fsp3) is 0.467. The molecular weight excluding hydrogens is 293 g/mol. The minimum absolute atomic E-state index is 0.131. The number of hydrogen-bond donors (Lipinski definition) is 2. The Morgan fingerprint density at radius 3 is 2.57 bits per heavy atom. The molecule has 0 saturated heterocycles. The maximum absolute atomic E-state index is 13.3. The predicted octanol–water partition coefficient (Wildman–Crippen LogP) is 3.31.